The summed E-state index contributed by atoms with van der Waals surface area (Å²) in [5.74, 6) is 1.72. The average Bonchev–Trinajstić information content (AvgIpc) is 2.29. The Labute approximate surface area is 90.5 Å². The fourth-order valence-electron chi connectivity index (χ4n) is 2.16. The molecule has 0 radical (unpaired) electrons. The molecule has 1 aromatic rings. The van der Waals surface area contributed by atoms with Crippen molar-refractivity contribution in [3.05, 3.63) is 17.8 Å². The Balaban J connectivity index is 2.20. The molecule has 1 unspecified atom stereocenters. The largest absolute Gasteiger partial charge is 0.355 e. The van der Waals surface area contributed by atoms with Crippen LogP contribution in [0.15, 0.2) is 12.3 Å². The van der Waals surface area contributed by atoms with Crippen LogP contribution in [-0.2, 0) is 6.54 Å². The molecule has 0 aliphatic carbocycles. The Bertz CT molecular complexity index is 326. The fraction of sp³-hybridized carbons (Fsp3) is 0.636. The number of nitrogens with zero attached hydrogens (tertiary/aromatic N) is 3. The van der Waals surface area contributed by atoms with E-state index in [1.165, 1.54) is 12.8 Å². The molecule has 0 aromatic carbocycles. The van der Waals surface area contributed by atoms with Crippen molar-refractivity contribution in [2.75, 3.05) is 18.0 Å². The van der Waals surface area contributed by atoms with Crippen LogP contribution in [0.2, 0.25) is 0 Å². The average molecular weight is 206 g/mol. The van der Waals surface area contributed by atoms with Crippen LogP contribution in [0, 0.1) is 5.92 Å². The number of rotatable bonds is 2. The molecule has 4 heteroatoms. The molecular weight excluding hydrogens is 188 g/mol. The molecule has 1 aromatic heterocycles. The highest BCUT2D eigenvalue weighted by atomic mass is 15.3. The first kappa shape index (κ1) is 10.4. The van der Waals surface area contributed by atoms with Crippen LogP contribution in [0.1, 0.15) is 25.3 Å². The van der Waals surface area contributed by atoms with Crippen LogP contribution in [-0.4, -0.2) is 23.3 Å². The molecule has 2 heterocycles. The zero-order valence-corrected chi connectivity index (χ0v) is 9.19. The van der Waals surface area contributed by atoms with E-state index in [4.69, 9.17) is 5.73 Å². The summed E-state index contributed by atoms with van der Waals surface area (Å²) in [6, 6.07) is 1.96. The molecule has 1 atom stereocenters. The Kier molecular flexibility index (Phi) is 3.16. The lowest BCUT2D eigenvalue weighted by atomic mass is 10.00. The van der Waals surface area contributed by atoms with Crippen LogP contribution in [0.25, 0.3) is 0 Å². The van der Waals surface area contributed by atoms with E-state index in [9.17, 15) is 0 Å². The van der Waals surface area contributed by atoms with Crippen molar-refractivity contribution in [2.24, 2.45) is 11.7 Å². The van der Waals surface area contributed by atoms with Crippen LogP contribution >= 0.6 is 0 Å². The molecule has 0 spiro atoms. The summed E-state index contributed by atoms with van der Waals surface area (Å²) in [7, 11) is 0. The summed E-state index contributed by atoms with van der Waals surface area (Å²) < 4.78 is 0. The van der Waals surface area contributed by atoms with Gasteiger partial charge in [0.05, 0.1) is 6.20 Å². The van der Waals surface area contributed by atoms with Crippen molar-refractivity contribution in [3.8, 4) is 0 Å². The maximum absolute atomic E-state index is 5.70. The number of hydrogen-bond acceptors (Lipinski definition) is 4. The van der Waals surface area contributed by atoms with Gasteiger partial charge >= 0.3 is 0 Å². The van der Waals surface area contributed by atoms with E-state index in [0.29, 0.717) is 6.54 Å². The molecular formula is C11H18N4. The van der Waals surface area contributed by atoms with Gasteiger partial charge in [-0.3, -0.25) is 0 Å². The maximum atomic E-state index is 5.70. The SMILES string of the molecule is CC1CCCN(c2nnccc2CN)C1. The summed E-state index contributed by atoms with van der Waals surface area (Å²) in [6.45, 7) is 4.97. The van der Waals surface area contributed by atoms with Gasteiger partial charge in [-0.15, -0.1) is 5.10 Å². The van der Waals surface area contributed by atoms with Gasteiger partial charge < -0.3 is 10.6 Å². The molecule has 1 fully saturated rings. The highest BCUT2D eigenvalue weighted by molar-refractivity contribution is 5.45. The van der Waals surface area contributed by atoms with Gasteiger partial charge in [0.15, 0.2) is 5.82 Å². The predicted octanol–water partition coefficient (Wildman–Crippen LogP) is 1.17. The Morgan fingerprint density at radius 3 is 3.20 bits per heavy atom. The highest BCUT2D eigenvalue weighted by Gasteiger charge is 2.19. The van der Waals surface area contributed by atoms with Crippen molar-refractivity contribution >= 4 is 5.82 Å². The van der Waals surface area contributed by atoms with Crippen molar-refractivity contribution in [1.29, 1.82) is 0 Å². The highest BCUT2D eigenvalue weighted by Crippen LogP contribution is 2.23. The van der Waals surface area contributed by atoms with E-state index >= 15 is 0 Å². The van der Waals surface area contributed by atoms with Crippen LogP contribution < -0.4 is 10.6 Å². The van der Waals surface area contributed by atoms with Gasteiger partial charge in [-0.25, -0.2) is 0 Å². The molecule has 15 heavy (non-hydrogen) atoms. The number of piperidine rings is 1. The van der Waals surface area contributed by atoms with Gasteiger partial charge in [0, 0.05) is 25.2 Å². The summed E-state index contributed by atoms with van der Waals surface area (Å²) in [5, 5.41) is 8.15. The fourth-order valence-corrected chi connectivity index (χ4v) is 2.16. The van der Waals surface area contributed by atoms with Crippen molar-refractivity contribution in [3.63, 3.8) is 0 Å². The maximum Gasteiger partial charge on any atom is 0.155 e. The molecule has 2 rings (SSSR count). The van der Waals surface area contributed by atoms with Gasteiger partial charge in [0.2, 0.25) is 0 Å². The zero-order chi connectivity index (χ0) is 10.7. The minimum absolute atomic E-state index is 0.537. The molecule has 2 N–H and O–H groups in total. The van der Waals surface area contributed by atoms with E-state index in [1.54, 1.807) is 6.20 Å². The summed E-state index contributed by atoms with van der Waals surface area (Å²) >= 11 is 0. The topological polar surface area (TPSA) is 55.0 Å². The molecule has 0 amide bonds. The lowest BCUT2D eigenvalue weighted by molar-refractivity contribution is 0.443. The lowest BCUT2D eigenvalue weighted by Gasteiger charge is -2.32. The third-order valence-corrected chi connectivity index (χ3v) is 2.96. The van der Waals surface area contributed by atoms with E-state index in [2.05, 4.69) is 22.0 Å². The first-order chi connectivity index (χ1) is 7.31. The number of anilines is 1. The van der Waals surface area contributed by atoms with Crippen LogP contribution in [0.5, 0.6) is 0 Å². The van der Waals surface area contributed by atoms with Gasteiger partial charge in [-0.2, -0.15) is 5.10 Å². The van der Waals surface area contributed by atoms with Crippen molar-refractivity contribution in [1.82, 2.24) is 10.2 Å². The first-order valence-electron chi connectivity index (χ1n) is 5.57. The molecule has 0 bridgehead atoms. The van der Waals surface area contributed by atoms with Crippen molar-refractivity contribution < 1.29 is 0 Å². The smallest absolute Gasteiger partial charge is 0.155 e. The number of nitrogens with two attached hydrogens (primary N) is 1. The summed E-state index contributed by atoms with van der Waals surface area (Å²) in [4.78, 5) is 2.31. The Morgan fingerprint density at radius 1 is 1.60 bits per heavy atom. The van der Waals surface area contributed by atoms with E-state index < -0.39 is 0 Å². The molecule has 0 saturated carbocycles. The normalized spacial score (nSPS) is 21.7. The minimum atomic E-state index is 0.537. The monoisotopic (exact) mass is 206 g/mol. The van der Waals surface area contributed by atoms with Crippen LogP contribution in [0.3, 0.4) is 0 Å². The summed E-state index contributed by atoms with van der Waals surface area (Å²) in [6.07, 6.45) is 4.26. The van der Waals surface area contributed by atoms with Crippen LogP contribution in [0.4, 0.5) is 5.82 Å². The molecule has 82 valence electrons. The number of aromatic nitrogens is 2. The molecule has 4 nitrogen and oxygen atoms in total. The predicted molar refractivity (Wildman–Crippen MR) is 60.5 cm³/mol. The van der Waals surface area contributed by atoms with Gasteiger partial charge in [0.1, 0.15) is 0 Å². The minimum Gasteiger partial charge on any atom is -0.355 e. The quantitative estimate of drug-likeness (QED) is 0.789. The molecule has 1 aliphatic heterocycles. The van der Waals surface area contributed by atoms with Crippen molar-refractivity contribution in [2.45, 2.75) is 26.3 Å². The Morgan fingerprint density at radius 2 is 2.47 bits per heavy atom. The summed E-state index contributed by atoms with van der Waals surface area (Å²) in [5.41, 5.74) is 6.79. The standard InChI is InChI=1S/C11H18N4/c1-9-3-2-6-15(8-9)11-10(7-12)4-5-13-14-11/h4-5,9H,2-3,6-8,12H2,1H3. The van der Waals surface area contributed by atoms with E-state index in [1.807, 2.05) is 6.07 Å². The molecule has 1 saturated heterocycles. The second-order valence-corrected chi connectivity index (χ2v) is 4.28. The van der Waals surface area contributed by atoms with Gasteiger partial charge in [0.25, 0.3) is 0 Å². The second-order valence-electron chi connectivity index (χ2n) is 4.28. The zero-order valence-electron chi connectivity index (χ0n) is 9.19. The van der Waals surface area contributed by atoms with E-state index in [-0.39, 0.29) is 0 Å². The van der Waals surface area contributed by atoms with E-state index in [0.717, 1.165) is 30.4 Å². The molecule has 1 aliphatic rings. The second kappa shape index (κ2) is 4.57. The van der Waals surface area contributed by atoms with Gasteiger partial charge in [-0.05, 0) is 24.8 Å². The lowest BCUT2D eigenvalue weighted by Crippen LogP contribution is -2.35. The third-order valence-electron chi connectivity index (χ3n) is 2.96. The van der Waals surface area contributed by atoms with Gasteiger partial charge in [-0.1, -0.05) is 6.92 Å². The first-order valence-corrected chi connectivity index (χ1v) is 5.57. The number of hydrogen-bond donors (Lipinski definition) is 1. The third kappa shape index (κ3) is 2.26. The Hall–Kier alpha value is -1.16.